The third-order valence-electron chi connectivity index (χ3n) is 0.984. The first-order valence-electron chi connectivity index (χ1n) is 3.49. The van der Waals surface area contributed by atoms with Gasteiger partial charge in [0, 0.05) is 6.54 Å². The SMILES string of the molecule is C=C(O)CNCC(C)(C)C. The van der Waals surface area contributed by atoms with Crippen molar-refractivity contribution in [2.75, 3.05) is 13.1 Å². The quantitative estimate of drug-likeness (QED) is 0.589. The van der Waals surface area contributed by atoms with E-state index >= 15 is 0 Å². The molecule has 0 saturated heterocycles. The molecular formula is C8H17NO. The second-order valence-corrected chi connectivity index (χ2v) is 3.73. The van der Waals surface area contributed by atoms with E-state index in [-0.39, 0.29) is 11.2 Å². The van der Waals surface area contributed by atoms with E-state index in [1.807, 2.05) is 0 Å². The molecule has 0 aliphatic rings. The van der Waals surface area contributed by atoms with Crippen LogP contribution in [0, 0.1) is 5.41 Å². The Labute approximate surface area is 62.9 Å². The fraction of sp³-hybridized carbons (Fsp3) is 0.750. The van der Waals surface area contributed by atoms with Gasteiger partial charge in [0.1, 0.15) is 0 Å². The highest BCUT2D eigenvalue weighted by molar-refractivity contribution is 4.82. The number of hydrogen-bond donors (Lipinski definition) is 2. The van der Waals surface area contributed by atoms with Gasteiger partial charge in [0.25, 0.3) is 0 Å². The minimum atomic E-state index is 0.198. The smallest absolute Gasteiger partial charge is 0.0988 e. The highest BCUT2D eigenvalue weighted by atomic mass is 16.3. The standard InChI is InChI=1S/C8H17NO/c1-7(10)5-9-6-8(2,3)4/h9-10H,1,5-6H2,2-4H3. The molecule has 2 nitrogen and oxygen atoms in total. The van der Waals surface area contributed by atoms with E-state index in [1.165, 1.54) is 0 Å². The van der Waals surface area contributed by atoms with Gasteiger partial charge in [0.2, 0.25) is 0 Å². The highest BCUT2D eigenvalue weighted by Crippen LogP contribution is 2.09. The fourth-order valence-corrected chi connectivity index (χ4v) is 0.582. The maximum Gasteiger partial charge on any atom is 0.0988 e. The minimum absolute atomic E-state index is 0.198. The van der Waals surface area contributed by atoms with Crippen LogP contribution >= 0.6 is 0 Å². The molecule has 0 fully saturated rings. The molecule has 0 aliphatic heterocycles. The lowest BCUT2D eigenvalue weighted by molar-refractivity contribution is 0.351. The molecule has 0 spiro atoms. The second kappa shape index (κ2) is 3.62. The summed E-state index contributed by atoms with van der Waals surface area (Å²) in [7, 11) is 0. The van der Waals surface area contributed by atoms with Crippen LogP contribution in [-0.2, 0) is 0 Å². The zero-order valence-corrected chi connectivity index (χ0v) is 7.07. The molecule has 0 aromatic carbocycles. The van der Waals surface area contributed by atoms with Crippen molar-refractivity contribution in [1.82, 2.24) is 5.32 Å². The van der Waals surface area contributed by atoms with Gasteiger partial charge in [-0.3, -0.25) is 0 Å². The summed E-state index contributed by atoms with van der Waals surface area (Å²) in [6.45, 7) is 11.2. The summed E-state index contributed by atoms with van der Waals surface area (Å²) in [5.74, 6) is 0.198. The van der Waals surface area contributed by atoms with Gasteiger partial charge < -0.3 is 10.4 Å². The Morgan fingerprint density at radius 3 is 2.30 bits per heavy atom. The molecular weight excluding hydrogens is 126 g/mol. The summed E-state index contributed by atoms with van der Waals surface area (Å²) < 4.78 is 0. The molecule has 10 heavy (non-hydrogen) atoms. The molecule has 2 heteroatoms. The normalized spacial score (nSPS) is 11.5. The van der Waals surface area contributed by atoms with Gasteiger partial charge in [0.05, 0.1) is 12.3 Å². The van der Waals surface area contributed by atoms with E-state index in [1.54, 1.807) is 0 Å². The number of aliphatic hydroxyl groups excluding tert-OH is 1. The van der Waals surface area contributed by atoms with Crippen LogP contribution in [0.5, 0.6) is 0 Å². The average Bonchev–Trinajstić information content (AvgIpc) is 1.59. The number of nitrogens with one attached hydrogen (secondary N) is 1. The van der Waals surface area contributed by atoms with Crippen LogP contribution in [0.1, 0.15) is 20.8 Å². The predicted octanol–water partition coefficient (Wildman–Crippen LogP) is 1.69. The van der Waals surface area contributed by atoms with Crippen LogP contribution in [0.25, 0.3) is 0 Å². The second-order valence-electron chi connectivity index (χ2n) is 3.73. The molecule has 60 valence electrons. The first kappa shape index (κ1) is 9.50. The largest absolute Gasteiger partial charge is 0.512 e. The Morgan fingerprint density at radius 2 is 2.00 bits per heavy atom. The Kier molecular flexibility index (Phi) is 3.43. The Hall–Kier alpha value is -0.500. The Balaban J connectivity index is 3.29. The zero-order valence-electron chi connectivity index (χ0n) is 7.07. The van der Waals surface area contributed by atoms with Gasteiger partial charge in [-0.1, -0.05) is 27.4 Å². The molecule has 0 radical (unpaired) electrons. The molecule has 0 aromatic rings. The van der Waals surface area contributed by atoms with E-state index in [4.69, 9.17) is 5.11 Å². The molecule has 0 aromatic heterocycles. The van der Waals surface area contributed by atoms with Crippen LogP contribution in [0.15, 0.2) is 12.3 Å². The molecule has 0 saturated carbocycles. The molecule has 0 bridgehead atoms. The van der Waals surface area contributed by atoms with E-state index in [9.17, 15) is 0 Å². The van der Waals surface area contributed by atoms with Crippen LogP contribution in [0.4, 0.5) is 0 Å². The van der Waals surface area contributed by atoms with E-state index < -0.39 is 0 Å². The first-order valence-corrected chi connectivity index (χ1v) is 3.49. The van der Waals surface area contributed by atoms with Crippen molar-refractivity contribution >= 4 is 0 Å². The summed E-state index contributed by atoms with van der Waals surface area (Å²) in [5, 5.41) is 11.8. The third kappa shape index (κ3) is 7.50. The Bertz CT molecular complexity index is 113. The minimum Gasteiger partial charge on any atom is -0.512 e. The molecule has 0 heterocycles. The van der Waals surface area contributed by atoms with Gasteiger partial charge in [-0.05, 0) is 5.41 Å². The predicted molar refractivity (Wildman–Crippen MR) is 44.1 cm³/mol. The third-order valence-corrected chi connectivity index (χ3v) is 0.984. The Morgan fingerprint density at radius 1 is 1.50 bits per heavy atom. The van der Waals surface area contributed by atoms with Gasteiger partial charge in [-0.25, -0.2) is 0 Å². The number of hydrogen-bond acceptors (Lipinski definition) is 2. The van der Waals surface area contributed by atoms with Crippen LogP contribution in [0.2, 0.25) is 0 Å². The van der Waals surface area contributed by atoms with Crippen LogP contribution < -0.4 is 5.32 Å². The lowest BCUT2D eigenvalue weighted by Crippen LogP contribution is -2.28. The first-order chi connectivity index (χ1) is 4.42. The lowest BCUT2D eigenvalue weighted by Gasteiger charge is -2.18. The van der Waals surface area contributed by atoms with Crippen molar-refractivity contribution in [2.45, 2.75) is 20.8 Å². The van der Waals surface area contributed by atoms with Crippen molar-refractivity contribution in [3.8, 4) is 0 Å². The fourth-order valence-electron chi connectivity index (χ4n) is 0.582. The van der Waals surface area contributed by atoms with Crippen molar-refractivity contribution in [2.24, 2.45) is 5.41 Å². The summed E-state index contributed by atoms with van der Waals surface area (Å²) in [4.78, 5) is 0. The van der Waals surface area contributed by atoms with Crippen LogP contribution in [-0.4, -0.2) is 18.2 Å². The van der Waals surface area contributed by atoms with Gasteiger partial charge >= 0.3 is 0 Å². The van der Waals surface area contributed by atoms with Gasteiger partial charge in [0.15, 0.2) is 0 Å². The molecule has 0 amide bonds. The summed E-state index contributed by atoms with van der Waals surface area (Å²) in [5.41, 5.74) is 0.273. The van der Waals surface area contributed by atoms with Gasteiger partial charge in [-0.15, -0.1) is 0 Å². The number of rotatable bonds is 3. The zero-order chi connectivity index (χ0) is 8.20. The van der Waals surface area contributed by atoms with E-state index in [0.29, 0.717) is 6.54 Å². The summed E-state index contributed by atoms with van der Waals surface area (Å²) in [6, 6.07) is 0. The molecule has 0 atom stereocenters. The van der Waals surface area contributed by atoms with Crippen LogP contribution in [0.3, 0.4) is 0 Å². The molecule has 2 N–H and O–H groups in total. The highest BCUT2D eigenvalue weighted by Gasteiger charge is 2.08. The van der Waals surface area contributed by atoms with Crippen molar-refractivity contribution in [3.63, 3.8) is 0 Å². The molecule has 0 aliphatic carbocycles. The average molecular weight is 143 g/mol. The van der Waals surface area contributed by atoms with Gasteiger partial charge in [-0.2, -0.15) is 0 Å². The topological polar surface area (TPSA) is 32.3 Å². The summed E-state index contributed by atoms with van der Waals surface area (Å²) >= 11 is 0. The van der Waals surface area contributed by atoms with Crippen molar-refractivity contribution in [3.05, 3.63) is 12.3 Å². The van der Waals surface area contributed by atoms with E-state index in [2.05, 4.69) is 32.7 Å². The molecule has 0 unspecified atom stereocenters. The van der Waals surface area contributed by atoms with E-state index in [0.717, 1.165) is 6.54 Å². The lowest BCUT2D eigenvalue weighted by atomic mass is 9.97. The van der Waals surface area contributed by atoms with Crippen molar-refractivity contribution in [1.29, 1.82) is 0 Å². The molecule has 0 rings (SSSR count). The van der Waals surface area contributed by atoms with Crippen molar-refractivity contribution < 1.29 is 5.11 Å². The maximum atomic E-state index is 8.69. The maximum absolute atomic E-state index is 8.69. The summed E-state index contributed by atoms with van der Waals surface area (Å²) in [6.07, 6.45) is 0. The number of aliphatic hydroxyl groups is 1. The monoisotopic (exact) mass is 143 g/mol.